The molecule has 0 radical (unpaired) electrons. The first kappa shape index (κ1) is 14.7. The molecule has 0 aliphatic carbocycles. The Hall–Kier alpha value is 0.740. The summed E-state index contributed by atoms with van der Waals surface area (Å²) in [6.45, 7) is 12.6. The molecule has 0 saturated heterocycles. The maximum atomic E-state index is 9.06. The van der Waals surface area contributed by atoms with Crippen molar-refractivity contribution in [2.75, 3.05) is 0 Å². The highest BCUT2D eigenvalue weighted by atomic mass is 31.3. The summed E-state index contributed by atoms with van der Waals surface area (Å²) in [5.74, 6) is 0. The Morgan fingerprint density at radius 1 is 0.857 bits per heavy atom. The molecule has 3 nitrogen and oxygen atoms in total. The van der Waals surface area contributed by atoms with Crippen molar-refractivity contribution in [1.29, 1.82) is 0 Å². The molecule has 0 aromatic rings. The monoisotopic (exact) mass is 241 g/mol. The van der Waals surface area contributed by atoms with Crippen molar-refractivity contribution in [1.82, 2.24) is 0 Å². The van der Waals surface area contributed by atoms with E-state index in [2.05, 4.69) is 41.5 Å². The Kier molecular flexibility index (Phi) is 6.03. The lowest BCUT2D eigenvalue weighted by molar-refractivity contribution is 0.378. The number of hydrogen-bond donors (Lipinski definition) is 2. The van der Waals surface area contributed by atoms with Crippen molar-refractivity contribution >= 4 is 16.1 Å². The number of hydrogen-bond acceptors (Lipinski definition) is 3. The molecular formula is C9H23O3P2+. The van der Waals surface area contributed by atoms with Gasteiger partial charge in [0.1, 0.15) is 0 Å². The molecule has 0 aromatic carbocycles. The first-order valence-corrected chi connectivity index (χ1v) is 8.08. The first-order chi connectivity index (χ1) is 6.25. The van der Waals surface area contributed by atoms with Gasteiger partial charge in [0, 0.05) is 0 Å². The maximum absolute atomic E-state index is 9.06. The lowest BCUT2D eigenvalue weighted by Gasteiger charge is -2.35. The third kappa shape index (κ3) is 3.12. The smallest absolute Gasteiger partial charge is 0.326 e. The topological polar surface area (TPSA) is 49.7 Å². The summed E-state index contributed by atoms with van der Waals surface area (Å²) in [7, 11) is -3.98. The van der Waals surface area contributed by atoms with Crippen LogP contribution in [0.4, 0.5) is 0 Å². The molecule has 2 N–H and O–H groups in total. The van der Waals surface area contributed by atoms with Gasteiger partial charge in [0.15, 0.2) is 7.49 Å². The van der Waals surface area contributed by atoms with Crippen LogP contribution in [0.3, 0.4) is 0 Å². The van der Waals surface area contributed by atoms with Gasteiger partial charge in [-0.05, 0) is 41.5 Å². The lowest BCUT2D eigenvalue weighted by atomic mass is 10.5. The van der Waals surface area contributed by atoms with Crippen LogP contribution in [0.15, 0.2) is 0 Å². The summed E-state index contributed by atoms with van der Waals surface area (Å²) >= 11 is 0. The molecule has 0 fully saturated rings. The van der Waals surface area contributed by atoms with Crippen molar-refractivity contribution in [2.45, 2.75) is 58.5 Å². The fourth-order valence-electron chi connectivity index (χ4n) is 2.20. The zero-order chi connectivity index (χ0) is 11.5. The molecule has 0 aliphatic rings. The quantitative estimate of drug-likeness (QED) is 0.725. The molecule has 5 heteroatoms. The van der Waals surface area contributed by atoms with E-state index in [1.165, 1.54) is 0 Å². The van der Waals surface area contributed by atoms with Crippen LogP contribution in [-0.4, -0.2) is 26.8 Å². The summed E-state index contributed by atoms with van der Waals surface area (Å²) in [4.78, 5) is 18.1. The summed E-state index contributed by atoms with van der Waals surface area (Å²) < 4.78 is 5.51. The van der Waals surface area contributed by atoms with Crippen molar-refractivity contribution in [2.24, 2.45) is 0 Å². The highest BCUT2D eigenvalue weighted by Crippen LogP contribution is 2.75. The van der Waals surface area contributed by atoms with E-state index in [4.69, 9.17) is 14.1 Å². The van der Waals surface area contributed by atoms with Gasteiger partial charge in [-0.25, -0.2) is 0 Å². The molecule has 14 heavy (non-hydrogen) atoms. The fourth-order valence-corrected chi connectivity index (χ4v) is 9.05. The molecule has 0 unspecified atom stereocenters. The van der Waals surface area contributed by atoms with Crippen LogP contribution in [0.1, 0.15) is 41.5 Å². The van der Waals surface area contributed by atoms with Gasteiger partial charge < -0.3 is 9.79 Å². The van der Waals surface area contributed by atoms with Crippen LogP contribution in [-0.2, 0) is 4.31 Å². The zero-order valence-electron chi connectivity index (χ0n) is 9.93. The van der Waals surface area contributed by atoms with Gasteiger partial charge >= 0.3 is 8.60 Å². The maximum Gasteiger partial charge on any atom is 0.366 e. The van der Waals surface area contributed by atoms with E-state index in [1.54, 1.807) is 0 Å². The Balaban J connectivity index is 4.95. The molecule has 0 heterocycles. The summed E-state index contributed by atoms with van der Waals surface area (Å²) in [6, 6.07) is 0. The minimum Gasteiger partial charge on any atom is -0.326 e. The van der Waals surface area contributed by atoms with E-state index in [-0.39, 0.29) is 0 Å². The van der Waals surface area contributed by atoms with Crippen molar-refractivity contribution < 1.29 is 14.1 Å². The molecule has 0 rings (SSSR count). The average Bonchev–Trinajstić information content (AvgIpc) is 1.97. The minimum absolute atomic E-state index is 0.367. The fraction of sp³-hybridized carbons (Fsp3) is 1.00. The Labute approximate surface area is 89.3 Å². The van der Waals surface area contributed by atoms with Gasteiger partial charge in [0.25, 0.3) is 0 Å². The van der Waals surface area contributed by atoms with Gasteiger partial charge in [0.2, 0.25) is 0 Å². The zero-order valence-corrected chi connectivity index (χ0v) is 11.7. The third-order valence-electron chi connectivity index (χ3n) is 2.64. The van der Waals surface area contributed by atoms with Crippen LogP contribution >= 0.6 is 16.1 Å². The highest BCUT2D eigenvalue weighted by molar-refractivity contribution is 7.77. The Morgan fingerprint density at radius 2 is 1.14 bits per heavy atom. The Morgan fingerprint density at radius 3 is 1.21 bits per heavy atom. The largest absolute Gasteiger partial charge is 0.366 e. The average molecular weight is 241 g/mol. The predicted molar refractivity (Wildman–Crippen MR) is 64.8 cm³/mol. The molecular weight excluding hydrogens is 218 g/mol. The van der Waals surface area contributed by atoms with Crippen molar-refractivity contribution in [3.63, 3.8) is 0 Å². The molecule has 0 spiro atoms. The second-order valence-electron chi connectivity index (χ2n) is 4.38. The molecule has 0 aliphatic heterocycles. The molecule has 0 bridgehead atoms. The first-order valence-electron chi connectivity index (χ1n) is 5.00. The molecule has 0 atom stereocenters. The summed E-state index contributed by atoms with van der Waals surface area (Å²) in [6.07, 6.45) is 0. The summed E-state index contributed by atoms with van der Waals surface area (Å²) in [5.41, 5.74) is 1.10. The minimum atomic E-state index is -2.24. The van der Waals surface area contributed by atoms with Gasteiger partial charge in [-0.1, -0.05) is 0 Å². The van der Waals surface area contributed by atoms with Gasteiger partial charge in [-0.3, -0.25) is 0 Å². The van der Waals surface area contributed by atoms with Crippen LogP contribution in [0, 0.1) is 0 Å². The second-order valence-corrected chi connectivity index (χ2v) is 10.2. The predicted octanol–water partition coefficient (Wildman–Crippen LogP) is 3.37. The van der Waals surface area contributed by atoms with Crippen molar-refractivity contribution in [3.8, 4) is 0 Å². The van der Waals surface area contributed by atoms with Crippen molar-refractivity contribution in [3.05, 3.63) is 0 Å². The van der Waals surface area contributed by atoms with Gasteiger partial charge in [0.05, 0.1) is 17.0 Å². The van der Waals surface area contributed by atoms with E-state index < -0.39 is 16.1 Å². The Bertz CT molecular complexity index is 148. The molecule has 86 valence electrons. The van der Waals surface area contributed by atoms with Crippen LogP contribution < -0.4 is 0 Å². The second kappa shape index (κ2) is 5.72. The van der Waals surface area contributed by atoms with E-state index in [0.29, 0.717) is 17.0 Å². The van der Waals surface area contributed by atoms with Crippen LogP contribution in [0.5, 0.6) is 0 Å². The normalized spacial score (nSPS) is 13.7. The van der Waals surface area contributed by atoms with E-state index >= 15 is 0 Å². The number of rotatable bonds is 5. The lowest BCUT2D eigenvalue weighted by Crippen LogP contribution is -2.24. The SMILES string of the molecule is CC(C)[P+](OP(O)O)(C(C)C)C(C)C. The molecule has 0 aromatic heterocycles. The van der Waals surface area contributed by atoms with E-state index in [0.717, 1.165) is 0 Å². The van der Waals surface area contributed by atoms with E-state index in [9.17, 15) is 0 Å². The van der Waals surface area contributed by atoms with E-state index in [1.807, 2.05) is 0 Å². The van der Waals surface area contributed by atoms with Crippen LogP contribution in [0.2, 0.25) is 0 Å². The highest BCUT2D eigenvalue weighted by Gasteiger charge is 2.52. The van der Waals surface area contributed by atoms with Crippen LogP contribution in [0.25, 0.3) is 0 Å². The molecule has 0 saturated carbocycles. The van der Waals surface area contributed by atoms with Gasteiger partial charge in [-0.2, -0.15) is 4.31 Å². The van der Waals surface area contributed by atoms with Gasteiger partial charge in [-0.15, -0.1) is 0 Å². The third-order valence-corrected chi connectivity index (χ3v) is 9.19. The standard InChI is InChI=1S/C9H23O3P2/c1-7(2)14(8(3)4,9(5)6)12-13(10)11/h7-11H,1-6H3/q+1. The molecule has 0 amide bonds. The summed E-state index contributed by atoms with van der Waals surface area (Å²) in [5, 5.41) is 0.